The summed E-state index contributed by atoms with van der Waals surface area (Å²) in [5, 5.41) is 44.9. The molecule has 0 fully saturated rings. The van der Waals surface area contributed by atoms with Gasteiger partial charge in [0.25, 0.3) is 5.91 Å². The molecular weight excluding hydrogens is 545 g/mol. The number of aromatic hydroxyl groups is 1. The zero-order valence-corrected chi connectivity index (χ0v) is 23.6. The van der Waals surface area contributed by atoms with Crippen LogP contribution in [0.25, 0.3) is 11.1 Å². The molecule has 2 aromatic carbocycles. The minimum atomic E-state index is -2.68. The molecular formula is C31H34FN3O7. The maximum absolute atomic E-state index is 13.9. The highest BCUT2D eigenvalue weighted by Gasteiger charge is 2.63. The first-order valence-corrected chi connectivity index (χ1v) is 13.7. The van der Waals surface area contributed by atoms with Gasteiger partial charge in [-0.1, -0.05) is 30.3 Å². The third-order valence-corrected chi connectivity index (χ3v) is 8.79. The fraction of sp³-hybridized carbons (Fsp3) is 0.387. The molecule has 0 spiro atoms. The smallest absolute Gasteiger partial charge is 0.255 e. The summed E-state index contributed by atoms with van der Waals surface area (Å²) in [6.07, 6.45) is 0.208. The molecule has 4 unspecified atom stereocenters. The van der Waals surface area contributed by atoms with Gasteiger partial charge in [-0.05, 0) is 68.2 Å². The van der Waals surface area contributed by atoms with Crippen molar-refractivity contribution in [3.8, 4) is 16.9 Å². The predicted octanol–water partition coefficient (Wildman–Crippen LogP) is 2.19. The fourth-order valence-electron chi connectivity index (χ4n) is 6.85. The minimum Gasteiger partial charge on any atom is -0.510 e. The Morgan fingerprint density at radius 1 is 1.07 bits per heavy atom. The fourth-order valence-corrected chi connectivity index (χ4v) is 6.85. The molecule has 42 heavy (non-hydrogen) atoms. The van der Waals surface area contributed by atoms with Crippen LogP contribution in [0.2, 0.25) is 0 Å². The number of hydrogen-bond acceptors (Lipinski definition) is 9. The lowest BCUT2D eigenvalue weighted by Crippen LogP contribution is -2.63. The van der Waals surface area contributed by atoms with Crippen LogP contribution in [-0.4, -0.2) is 93.7 Å². The van der Waals surface area contributed by atoms with Crippen molar-refractivity contribution in [2.75, 3.05) is 34.4 Å². The molecule has 0 aromatic heterocycles. The molecule has 6 N–H and O–H groups in total. The number of aliphatic hydroxyl groups is 3. The Balaban J connectivity index is 1.61. The minimum absolute atomic E-state index is 0.0146. The van der Waals surface area contributed by atoms with Gasteiger partial charge in [-0.3, -0.25) is 24.2 Å². The van der Waals surface area contributed by atoms with Crippen LogP contribution in [0.1, 0.15) is 27.9 Å². The van der Waals surface area contributed by atoms with Gasteiger partial charge in [0.05, 0.1) is 11.6 Å². The molecule has 3 aliphatic rings. The first kappa shape index (κ1) is 29.4. The number of allylic oxidation sites excluding steroid dienone is 1. The second kappa shape index (κ2) is 10.6. The molecule has 0 bridgehead atoms. The van der Waals surface area contributed by atoms with Gasteiger partial charge in [0.15, 0.2) is 11.4 Å². The number of nitrogens with zero attached hydrogens (tertiary/aromatic N) is 2. The number of primary amides is 1. The number of ketones is 2. The molecule has 10 nitrogen and oxygen atoms in total. The van der Waals surface area contributed by atoms with Gasteiger partial charge in [0.1, 0.15) is 29.5 Å². The molecule has 222 valence electrons. The zero-order chi connectivity index (χ0) is 30.7. The van der Waals surface area contributed by atoms with Crippen LogP contribution >= 0.6 is 0 Å². The van der Waals surface area contributed by atoms with Crippen LogP contribution in [0, 0.1) is 11.8 Å². The van der Waals surface area contributed by atoms with Gasteiger partial charge in [-0.25, -0.2) is 4.39 Å². The second-order valence-corrected chi connectivity index (χ2v) is 11.6. The van der Waals surface area contributed by atoms with Gasteiger partial charge in [-0.15, -0.1) is 0 Å². The molecule has 3 aliphatic carbocycles. The van der Waals surface area contributed by atoms with Crippen molar-refractivity contribution in [3.63, 3.8) is 0 Å². The summed E-state index contributed by atoms with van der Waals surface area (Å²) < 4.78 is 12.7. The summed E-state index contributed by atoms with van der Waals surface area (Å²) in [6, 6.07) is 9.62. The highest BCUT2D eigenvalue weighted by Crippen LogP contribution is 2.53. The number of hydrogen-bond donors (Lipinski definition) is 5. The Kier molecular flexibility index (Phi) is 7.46. The van der Waals surface area contributed by atoms with E-state index in [9.17, 15) is 39.2 Å². The van der Waals surface area contributed by atoms with Gasteiger partial charge in [0.2, 0.25) is 5.78 Å². The van der Waals surface area contributed by atoms with E-state index in [2.05, 4.69) is 0 Å². The molecule has 0 saturated heterocycles. The maximum Gasteiger partial charge on any atom is 0.255 e. The standard InChI is InChI=1S/C31H34FN3O7/c1-34(2)25-20-13-17-12-19-18(16-6-4-15(5-7-16)14-35(3)11-10-32)8-9-21(36)23(19)26(37)22(17)28(39)31(20,42)29(40)24(27(25)38)30(33)41/h4-9,17,20,25,36,38-39,42H,10-14H2,1-3H3,(H2,33,41). The van der Waals surface area contributed by atoms with E-state index in [0.29, 0.717) is 24.2 Å². The van der Waals surface area contributed by atoms with Crippen LogP contribution in [0.15, 0.2) is 59.1 Å². The van der Waals surface area contributed by atoms with E-state index in [0.717, 1.165) is 11.1 Å². The summed E-state index contributed by atoms with van der Waals surface area (Å²) in [7, 11) is 5.00. The molecule has 2 aromatic rings. The number of nitrogens with two attached hydrogens (primary N) is 1. The van der Waals surface area contributed by atoms with E-state index in [1.54, 1.807) is 20.2 Å². The molecule has 1 amide bonds. The van der Waals surface area contributed by atoms with Gasteiger partial charge in [0, 0.05) is 24.6 Å². The average Bonchev–Trinajstić information content (AvgIpc) is 2.91. The lowest BCUT2D eigenvalue weighted by atomic mass is 9.58. The summed E-state index contributed by atoms with van der Waals surface area (Å²) in [5.41, 5.74) is 4.62. The van der Waals surface area contributed by atoms with Crippen molar-refractivity contribution in [3.05, 3.63) is 75.8 Å². The van der Waals surface area contributed by atoms with Crippen LogP contribution in [-0.2, 0) is 22.6 Å². The summed E-state index contributed by atoms with van der Waals surface area (Å²) >= 11 is 0. The largest absolute Gasteiger partial charge is 0.510 e. The average molecular weight is 580 g/mol. The van der Waals surface area contributed by atoms with Crippen LogP contribution in [0.4, 0.5) is 4.39 Å². The highest BCUT2D eigenvalue weighted by molar-refractivity contribution is 6.24. The molecule has 0 aliphatic heterocycles. The molecule has 0 heterocycles. The van der Waals surface area contributed by atoms with Crippen LogP contribution in [0.5, 0.6) is 5.75 Å². The number of amides is 1. The van der Waals surface area contributed by atoms with Crippen molar-refractivity contribution in [1.82, 2.24) is 9.80 Å². The number of carbonyl (C=O) groups is 3. The SMILES string of the molecule is CN(CCF)Cc1ccc(-c2ccc(O)c3c2CC2CC4C(N(C)C)C(O)=C(C(N)=O)C(=O)C4(O)C(O)=C2C3=O)cc1. The van der Waals surface area contributed by atoms with Crippen LogP contribution in [0.3, 0.4) is 0 Å². The number of alkyl halides is 1. The van der Waals surface area contributed by atoms with Gasteiger partial charge in [-0.2, -0.15) is 0 Å². The first-order chi connectivity index (χ1) is 19.8. The van der Waals surface area contributed by atoms with E-state index in [-0.39, 0.29) is 29.7 Å². The summed E-state index contributed by atoms with van der Waals surface area (Å²) in [6.45, 7) is 0.424. The van der Waals surface area contributed by atoms with E-state index in [4.69, 9.17) is 5.73 Å². The van der Waals surface area contributed by atoms with Gasteiger partial charge >= 0.3 is 0 Å². The molecule has 11 heteroatoms. The predicted molar refractivity (Wildman–Crippen MR) is 151 cm³/mol. The highest BCUT2D eigenvalue weighted by atomic mass is 19.1. The Morgan fingerprint density at radius 2 is 1.74 bits per heavy atom. The Labute approximate surface area is 242 Å². The number of Topliss-reactive ketones (excluding diaryl/α,β-unsaturated/α-hetero) is 2. The molecule has 5 rings (SSSR count). The molecule has 0 radical (unpaired) electrons. The number of likely N-dealkylation sites (N-methyl/N-ethyl adjacent to an activating group) is 1. The number of halogens is 1. The number of benzene rings is 2. The van der Waals surface area contributed by atoms with Gasteiger partial charge < -0.3 is 26.2 Å². The zero-order valence-electron chi connectivity index (χ0n) is 23.6. The summed E-state index contributed by atoms with van der Waals surface area (Å²) in [4.78, 5) is 42.8. The van der Waals surface area contributed by atoms with Crippen molar-refractivity contribution in [2.24, 2.45) is 17.6 Å². The Hall–Kier alpha value is -4.06. The number of fused-ring (bicyclic) bond motifs is 3. The topological polar surface area (TPSA) is 165 Å². The van der Waals surface area contributed by atoms with E-state index < -0.39 is 64.7 Å². The molecule has 4 atom stereocenters. The van der Waals surface area contributed by atoms with E-state index in [1.165, 1.54) is 11.0 Å². The second-order valence-electron chi connectivity index (χ2n) is 11.6. The van der Waals surface area contributed by atoms with Crippen molar-refractivity contribution in [2.45, 2.75) is 31.0 Å². The normalized spacial score (nSPS) is 25.5. The number of rotatable bonds is 7. The summed E-state index contributed by atoms with van der Waals surface area (Å²) in [5.74, 6) is -6.84. The lowest BCUT2D eigenvalue weighted by molar-refractivity contribution is -0.148. The van der Waals surface area contributed by atoms with Crippen LogP contribution < -0.4 is 5.73 Å². The van der Waals surface area contributed by atoms with Crippen molar-refractivity contribution >= 4 is 17.5 Å². The maximum atomic E-state index is 13.9. The third-order valence-electron chi connectivity index (χ3n) is 8.79. The number of aliphatic hydroxyl groups excluding tert-OH is 2. The number of phenolic OH excluding ortho intramolecular Hbond substituents is 1. The molecule has 0 saturated carbocycles. The monoisotopic (exact) mass is 579 g/mol. The quantitative estimate of drug-likeness (QED) is 0.309. The van der Waals surface area contributed by atoms with Crippen molar-refractivity contribution in [1.29, 1.82) is 0 Å². The Morgan fingerprint density at radius 3 is 2.33 bits per heavy atom. The van der Waals surface area contributed by atoms with Crippen molar-refractivity contribution < 1.29 is 39.2 Å². The Bertz CT molecular complexity index is 1550. The lowest BCUT2D eigenvalue weighted by Gasteiger charge is -2.50. The first-order valence-electron chi connectivity index (χ1n) is 13.7. The van der Waals surface area contributed by atoms with E-state index in [1.807, 2.05) is 36.2 Å². The number of phenols is 1. The third kappa shape index (κ3) is 4.39. The number of carbonyl (C=O) groups excluding carboxylic acids is 3. The van der Waals surface area contributed by atoms with E-state index >= 15 is 0 Å².